The van der Waals surface area contributed by atoms with Crippen LogP contribution in [0.3, 0.4) is 0 Å². The summed E-state index contributed by atoms with van der Waals surface area (Å²) in [4.78, 5) is 30.2. The van der Waals surface area contributed by atoms with Gasteiger partial charge in [0.2, 0.25) is 0 Å². The van der Waals surface area contributed by atoms with Crippen LogP contribution >= 0.6 is 0 Å². The number of benzene rings is 4. The molecule has 0 aliphatic rings. The number of carbonyl (C=O) groups is 2. The molecule has 8 heteroatoms. The maximum Gasteiger partial charge on any atom is 0.187 e. The van der Waals surface area contributed by atoms with Gasteiger partial charge in [0, 0.05) is 17.5 Å². The summed E-state index contributed by atoms with van der Waals surface area (Å²) in [5, 5.41) is 8.66. The van der Waals surface area contributed by atoms with Crippen LogP contribution in [0, 0.1) is 5.41 Å². The molecule has 0 amide bonds. The predicted molar refractivity (Wildman–Crippen MR) is 163 cm³/mol. The first kappa shape index (κ1) is 29.1. The van der Waals surface area contributed by atoms with Gasteiger partial charge in [0.05, 0.1) is 17.8 Å². The van der Waals surface area contributed by atoms with Crippen molar-refractivity contribution in [2.24, 2.45) is 27.9 Å². The van der Waals surface area contributed by atoms with Gasteiger partial charge in [-0.25, -0.2) is 4.99 Å². The zero-order valence-corrected chi connectivity index (χ0v) is 22.6. The Labute approximate surface area is 239 Å². The van der Waals surface area contributed by atoms with Crippen LogP contribution < -0.4 is 22.9 Å². The number of guanidine groups is 1. The SMILES string of the molecule is N=C(c1ccc(C(=O)[C@H](Cc2ccccc2)N=C(N)N)cc1)C(N)c1ccc(C(=O)[C@@H](N)Cc2ccccc2)cc1. The third kappa shape index (κ3) is 7.60. The molecular formula is C33H34N6O2. The lowest BCUT2D eigenvalue weighted by Gasteiger charge is -2.16. The third-order valence-corrected chi connectivity index (χ3v) is 6.86. The highest BCUT2D eigenvalue weighted by molar-refractivity contribution is 6.05. The van der Waals surface area contributed by atoms with Gasteiger partial charge in [0.15, 0.2) is 17.5 Å². The van der Waals surface area contributed by atoms with Crippen LogP contribution in [-0.2, 0) is 12.8 Å². The molecule has 3 atom stereocenters. The quantitative estimate of drug-likeness (QED) is 0.103. The van der Waals surface area contributed by atoms with E-state index in [-0.39, 0.29) is 23.2 Å². The highest BCUT2D eigenvalue weighted by Crippen LogP contribution is 2.20. The second-order valence-corrected chi connectivity index (χ2v) is 9.87. The van der Waals surface area contributed by atoms with Crippen molar-refractivity contribution in [1.29, 1.82) is 5.41 Å². The Bertz CT molecular complexity index is 1510. The van der Waals surface area contributed by atoms with E-state index in [0.29, 0.717) is 35.1 Å². The summed E-state index contributed by atoms with van der Waals surface area (Å²) in [6.07, 6.45) is 0.804. The number of hydrogen-bond acceptors (Lipinski definition) is 6. The lowest BCUT2D eigenvalue weighted by atomic mass is 9.93. The molecule has 0 heterocycles. The van der Waals surface area contributed by atoms with Crippen molar-refractivity contribution in [3.8, 4) is 0 Å². The topological polar surface area (TPSA) is 174 Å². The highest BCUT2D eigenvalue weighted by atomic mass is 16.1. The number of ketones is 2. The van der Waals surface area contributed by atoms with Gasteiger partial charge in [-0.05, 0) is 28.7 Å². The number of aliphatic imine (C=N–C) groups is 1. The van der Waals surface area contributed by atoms with Crippen molar-refractivity contribution in [2.45, 2.75) is 31.0 Å². The summed E-state index contributed by atoms with van der Waals surface area (Å²) < 4.78 is 0. The van der Waals surface area contributed by atoms with Crippen molar-refractivity contribution < 1.29 is 9.59 Å². The van der Waals surface area contributed by atoms with E-state index < -0.39 is 18.1 Å². The summed E-state index contributed by atoms with van der Waals surface area (Å²) in [5.41, 5.74) is 28.0. The molecule has 0 bridgehead atoms. The van der Waals surface area contributed by atoms with Crippen molar-refractivity contribution >= 4 is 23.2 Å². The van der Waals surface area contributed by atoms with Crippen LogP contribution in [0.1, 0.15) is 49.0 Å². The Kier molecular flexibility index (Phi) is 9.52. The predicted octanol–water partition coefficient (Wildman–Crippen LogP) is 3.57. The number of nitrogens with one attached hydrogen (secondary N) is 1. The molecule has 0 saturated heterocycles. The van der Waals surface area contributed by atoms with E-state index in [9.17, 15) is 9.59 Å². The van der Waals surface area contributed by atoms with Crippen molar-refractivity contribution in [3.63, 3.8) is 0 Å². The van der Waals surface area contributed by atoms with E-state index in [4.69, 9.17) is 28.3 Å². The Morgan fingerprint density at radius 2 is 1.10 bits per heavy atom. The van der Waals surface area contributed by atoms with Crippen LogP contribution in [0.15, 0.2) is 114 Å². The monoisotopic (exact) mass is 546 g/mol. The summed E-state index contributed by atoms with van der Waals surface area (Å²) in [6.45, 7) is 0. The van der Waals surface area contributed by atoms with Crippen LogP contribution in [0.25, 0.3) is 0 Å². The molecule has 8 nitrogen and oxygen atoms in total. The molecule has 0 aromatic heterocycles. The molecule has 0 aliphatic heterocycles. The Morgan fingerprint density at radius 1 is 0.634 bits per heavy atom. The van der Waals surface area contributed by atoms with Crippen LogP contribution in [0.4, 0.5) is 0 Å². The maximum absolute atomic E-state index is 13.2. The number of nitrogens with two attached hydrogens (primary N) is 4. The molecule has 0 fully saturated rings. The summed E-state index contributed by atoms with van der Waals surface area (Å²) in [6, 6.07) is 30.5. The second kappa shape index (κ2) is 13.4. The Balaban J connectivity index is 1.42. The fraction of sp³-hybridized carbons (Fsp3) is 0.152. The molecule has 9 N–H and O–H groups in total. The largest absolute Gasteiger partial charge is 0.370 e. The first-order chi connectivity index (χ1) is 19.7. The lowest BCUT2D eigenvalue weighted by molar-refractivity contribution is 0.0954. The molecule has 41 heavy (non-hydrogen) atoms. The summed E-state index contributed by atoms with van der Waals surface area (Å²) >= 11 is 0. The molecule has 0 spiro atoms. The van der Waals surface area contributed by atoms with Gasteiger partial charge < -0.3 is 28.3 Å². The zero-order chi connectivity index (χ0) is 29.4. The zero-order valence-electron chi connectivity index (χ0n) is 22.6. The van der Waals surface area contributed by atoms with Crippen molar-refractivity contribution in [3.05, 3.63) is 143 Å². The molecular weight excluding hydrogens is 512 g/mol. The minimum absolute atomic E-state index is 0.157. The van der Waals surface area contributed by atoms with Gasteiger partial charge in [0.1, 0.15) is 6.04 Å². The van der Waals surface area contributed by atoms with E-state index >= 15 is 0 Å². The fourth-order valence-electron chi connectivity index (χ4n) is 4.60. The fourth-order valence-corrected chi connectivity index (χ4v) is 4.60. The molecule has 1 unspecified atom stereocenters. The van der Waals surface area contributed by atoms with Crippen molar-refractivity contribution in [2.75, 3.05) is 0 Å². The number of hydrogen-bond donors (Lipinski definition) is 5. The molecule has 0 aliphatic carbocycles. The average molecular weight is 547 g/mol. The minimum atomic E-state index is -0.767. The normalized spacial score (nSPS) is 13.0. The highest BCUT2D eigenvalue weighted by Gasteiger charge is 2.22. The number of carbonyl (C=O) groups excluding carboxylic acids is 2. The average Bonchev–Trinajstić information content (AvgIpc) is 3.00. The van der Waals surface area contributed by atoms with Gasteiger partial charge in [-0.15, -0.1) is 0 Å². The minimum Gasteiger partial charge on any atom is -0.370 e. The number of nitrogens with zero attached hydrogens (tertiary/aromatic N) is 1. The number of rotatable bonds is 12. The summed E-state index contributed by atoms with van der Waals surface area (Å²) in [7, 11) is 0. The van der Waals surface area contributed by atoms with E-state index in [1.807, 2.05) is 60.7 Å². The van der Waals surface area contributed by atoms with Crippen LogP contribution in [0.5, 0.6) is 0 Å². The second-order valence-electron chi connectivity index (χ2n) is 9.87. The smallest absolute Gasteiger partial charge is 0.187 e. The first-order valence-corrected chi connectivity index (χ1v) is 13.3. The first-order valence-electron chi connectivity index (χ1n) is 13.3. The Morgan fingerprint density at radius 3 is 1.63 bits per heavy atom. The van der Waals surface area contributed by atoms with Gasteiger partial charge in [-0.1, -0.05) is 109 Å². The van der Waals surface area contributed by atoms with E-state index in [2.05, 4.69) is 4.99 Å². The Hall–Kier alpha value is -4.92. The molecule has 0 saturated carbocycles. The summed E-state index contributed by atoms with van der Waals surface area (Å²) in [5.74, 6) is -0.541. The van der Waals surface area contributed by atoms with Gasteiger partial charge in [-0.2, -0.15) is 0 Å². The van der Waals surface area contributed by atoms with Gasteiger partial charge in [0.25, 0.3) is 0 Å². The van der Waals surface area contributed by atoms with Gasteiger partial charge >= 0.3 is 0 Å². The van der Waals surface area contributed by atoms with E-state index in [0.717, 1.165) is 11.1 Å². The van der Waals surface area contributed by atoms with E-state index in [1.165, 1.54) is 0 Å². The molecule has 0 radical (unpaired) electrons. The van der Waals surface area contributed by atoms with E-state index in [1.54, 1.807) is 48.5 Å². The molecule has 4 aromatic rings. The maximum atomic E-state index is 13.2. The van der Waals surface area contributed by atoms with Gasteiger partial charge in [-0.3, -0.25) is 9.59 Å². The third-order valence-electron chi connectivity index (χ3n) is 6.86. The molecule has 4 aromatic carbocycles. The lowest BCUT2D eigenvalue weighted by Crippen LogP contribution is -2.32. The molecule has 208 valence electrons. The number of Topliss-reactive ketones (excluding diaryl/α,β-unsaturated/α-hetero) is 2. The van der Waals surface area contributed by atoms with Crippen LogP contribution in [0.2, 0.25) is 0 Å². The molecule has 4 rings (SSSR count). The standard InChI is InChI=1S/C33H34N6O2/c34-27(19-21-7-3-1-4-8-21)31(40)25-15-11-23(12-16-25)29(35)30(36)24-13-17-26(18-14-24)32(41)28(39-33(37)38)20-22-9-5-2-6-10-22/h1-18,27-29,36H,19-20,34-35H2,(H4,37,38,39)/t27-,28-,29?/m0/s1. The van der Waals surface area contributed by atoms with Crippen molar-refractivity contribution in [1.82, 2.24) is 0 Å². The van der Waals surface area contributed by atoms with Crippen LogP contribution in [-0.4, -0.2) is 35.3 Å².